The number of hydrogen-bond acceptors (Lipinski definition) is 4. The number of nitrogens with zero attached hydrogens (tertiary/aromatic N) is 1. The van der Waals surface area contributed by atoms with Gasteiger partial charge in [-0.1, -0.05) is 0 Å². The van der Waals surface area contributed by atoms with E-state index in [0.29, 0.717) is 19.4 Å². The number of hydrogen-bond donors (Lipinski definition) is 3. The molecule has 7 heteroatoms. The summed E-state index contributed by atoms with van der Waals surface area (Å²) >= 11 is 1.55. The number of aromatic nitrogens is 1. The summed E-state index contributed by atoms with van der Waals surface area (Å²) in [6, 6.07) is -0.286. The number of aryl methyl sites for hydroxylation is 1. The molecule has 2 unspecified atom stereocenters. The number of rotatable bonds is 4. The third-order valence-electron chi connectivity index (χ3n) is 3.21. The van der Waals surface area contributed by atoms with Gasteiger partial charge in [-0.15, -0.1) is 11.3 Å². The maximum absolute atomic E-state index is 11.7. The summed E-state index contributed by atoms with van der Waals surface area (Å²) < 4.78 is 0. The van der Waals surface area contributed by atoms with Gasteiger partial charge in [0.15, 0.2) is 0 Å². The van der Waals surface area contributed by atoms with Crippen molar-refractivity contribution in [1.82, 2.24) is 15.6 Å². The number of thiazole rings is 1. The normalized spacial score (nSPS) is 22.2. The molecule has 6 nitrogen and oxygen atoms in total. The van der Waals surface area contributed by atoms with Crippen LogP contribution in [0.4, 0.5) is 4.79 Å². The second-order valence-corrected chi connectivity index (χ2v) is 6.04. The van der Waals surface area contributed by atoms with Crippen molar-refractivity contribution >= 4 is 23.3 Å². The van der Waals surface area contributed by atoms with Crippen molar-refractivity contribution in [3.05, 3.63) is 16.1 Å². The first-order valence-corrected chi connectivity index (χ1v) is 7.04. The first-order chi connectivity index (χ1) is 9.04. The Balaban J connectivity index is 1.72. The van der Waals surface area contributed by atoms with E-state index in [4.69, 9.17) is 5.11 Å². The second kappa shape index (κ2) is 6.01. The molecule has 0 spiro atoms. The molecule has 2 rings (SSSR count). The van der Waals surface area contributed by atoms with E-state index in [1.54, 1.807) is 17.5 Å². The van der Waals surface area contributed by atoms with E-state index in [1.165, 1.54) is 0 Å². The van der Waals surface area contributed by atoms with Crippen LogP contribution in [-0.2, 0) is 11.3 Å². The SMILES string of the molecule is Cc1ncc(CNC(=O)NC2CCC(C(=O)O)C2)s1. The summed E-state index contributed by atoms with van der Waals surface area (Å²) in [5.74, 6) is -1.10. The Bertz CT molecular complexity index is 475. The molecule has 1 aliphatic rings. The minimum Gasteiger partial charge on any atom is -0.481 e. The zero-order chi connectivity index (χ0) is 13.8. The van der Waals surface area contributed by atoms with Crippen LogP contribution in [0.15, 0.2) is 6.20 Å². The first-order valence-electron chi connectivity index (χ1n) is 6.23. The Labute approximate surface area is 115 Å². The van der Waals surface area contributed by atoms with Crippen LogP contribution < -0.4 is 10.6 Å². The van der Waals surface area contributed by atoms with Crippen molar-refractivity contribution < 1.29 is 14.7 Å². The highest BCUT2D eigenvalue weighted by molar-refractivity contribution is 7.11. The molecule has 0 radical (unpaired) electrons. The molecule has 1 heterocycles. The van der Waals surface area contributed by atoms with Crippen LogP contribution in [0.5, 0.6) is 0 Å². The largest absolute Gasteiger partial charge is 0.481 e. The molecule has 0 bridgehead atoms. The van der Waals surface area contributed by atoms with Gasteiger partial charge in [-0.2, -0.15) is 0 Å². The molecular formula is C12H17N3O3S. The first kappa shape index (κ1) is 13.8. The van der Waals surface area contributed by atoms with Crippen LogP contribution in [0.3, 0.4) is 0 Å². The van der Waals surface area contributed by atoms with E-state index in [2.05, 4.69) is 15.6 Å². The molecule has 19 heavy (non-hydrogen) atoms. The Hall–Kier alpha value is -1.63. The van der Waals surface area contributed by atoms with E-state index in [0.717, 1.165) is 16.3 Å². The van der Waals surface area contributed by atoms with Crippen molar-refractivity contribution in [3.8, 4) is 0 Å². The Morgan fingerprint density at radius 3 is 2.89 bits per heavy atom. The van der Waals surface area contributed by atoms with Gasteiger partial charge in [0.25, 0.3) is 0 Å². The second-order valence-electron chi connectivity index (χ2n) is 4.72. The van der Waals surface area contributed by atoms with Crippen molar-refractivity contribution in [1.29, 1.82) is 0 Å². The van der Waals surface area contributed by atoms with Gasteiger partial charge in [-0.05, 0) is 26.2 Å². The molecule has 0 saturated heterocycles. The zero-order valence-corrected chi connectivity index (χ0v) is 11.5. The summed E-state index contributed by atoms with van der Waals surface area (Å²) in [5, 5.41) is 15.4. The van der Waals surface area contributed by atoms with E-state index in [9.17, 15) is 9.59 Å². The molecule has 1 aromatic rings. The fourth-order valence-corrected chi connectivity index (χ4v) is 2.96. The maximum atomic E-state index is 11.7. The summed E-state index contributed by atoms with van der Waals surface area (Å²) in [5.41, 5.74) is 0. The minimum absolute atomic E-state index is 0.0377. The summed E-state index contributed by atoms with van der Waals surface area (Å²) in [7, 11) is 0. The molecule has 2 atom stereocenters. The van der Waals surface area contributed by atoms with Gasteiger partial charge >= 0.3 is 12.0 Å². The van der Waals surface area contributed by atoms with Crippen LogP contribution in [-0.4, -0.2) is 28.1 Å². The molecule has 104 valence electrons. The van der Waals surface area contributed by atoms with Crippen LogP contribution >= 0.6 is 11.3 Å². The highest BCUT2D eigenvalue weighted by atomic mass is 32.1. The lowest BCUT2D eigenvalue weighted by Crippen LogP contribution is -2.40. The van der Waals surface area contributed by atoms with Gasteiger partial charge in [0.05, 0.1) is 17.5 Å². The van der Waals surface area contributed by atoms with E-state index in [-0.39, 0.29) is 18.0 Å². The van der Waals surface area contributed by atoms with Crippen LogP contribution in [0.2, 0.25) is 0 Å². The zero-order valence-electron chi connectivity index (χ0n) is 10.7. The van der Waals surface area contributed by atoms with Crippen molar-refractivity contribution in [3.63, 3.8) is 0 Å². The van der Waals surface area contributed by atoms with Crippen molar-refractivity contribution in [2.24, 2.45) is 5.92 Å². The highest BCUT2D eigenvalue weighted by Gasteiger charge is 2.30. The highest BCUT2D eigenvalue weighted by Crippen LogP contribution is 2.25. The number of urea groups is 1. The van der Waals surface area contributed by atoms with Crippen LogP contribution in [0.25, 0.3) is 0 Å². The number of carboxylic acids is 1. The van der Waals surface area contributed by atoms with Gasteiger partial charge in [0.1, 0.15) is 0 Å². The fourth-order valence-electron chi connectivity index (χ4n) is 2.23. The van der Waals surface area contributed by atoms with Gasteiger partial charge in [-0.3, -0.25) is 4.79 Å². The standard InChI is InChI=1S/C12H17N3O3S/c1-7-13-5-10(19-7)6-14-12(18)15-9-3-2-8(4-9)11(16)17/h5,8-9H,2-4,6H2,1H3,(H,16,17)(H2,14,15,18). The average molecular weight is 283 g/mol. The lowest BCUT2D eigenvalue weighted by molar-refractivity contribution is -0.141. The minimum atomic E-state index is -0.773. The summed E-state index contributed by atoms with van der Waals surface area (Å²) in [4.78, 5) is 27.6. The van der Waals surface area contributed by atoms with E-state index < -0.39 is 5.97 Å². The Kier molecular flexibility index (Phi) is 4.36. The van der Waals surface area contributed by atoms with Crippen LogP contribution in [0, 0.1) is 12.8 Å². The number of aliphatic carboxylic acids is 1. The monoisotopic (exact) mass is 283 g/mol. The van der Waals surface area contributed by atoms with Gasteiger partial charge in [-0.25, -0.2) is 9.78 Å². The smallest absolute Gasteiger partial charge is 0.315 e. The number of carbonyl (C=O) groups is 2. The number of carboxylic acid groups (broad SMARTS) is 1. The number of carbonyl (C=O) groups excluding carboxylic acids is 1. The molecular weight excluding hydrogens is 266 g/mol. The molecule has 1 aliphatic carbocycles. The van der Waals surface area contributed by atoms with E-state index >= 15 is 0 Å². The lowest BCUT2D eigenvalue weighted by Gasteiger charge is -2.12. The molecule has 0 aliphatic heterocycles. The third kappa shape index (κ3) is 3.92. The van der Waals surface area contributed by atoms with E-state index in [1.807, 2.05) is 6.92 Å². The molecule has 1 aromatic heterocycles. The van der Waals surface area contributed by atoms with Crippen LogP contribution in [0.1, 0.15) is 29.1 Å². The van der Waals surface area contributed by atoms with Crippen molar-refractivity contribution in [2.75, 3.05) is 0 Å². The summed E-state index contributed by atoms with van der Waals surface area (Å²) in [6.07, 6.45) is 3.62. The third-order valence-corrected chi connectivity index (χ3v) is 4.12. The number of nitrogens with one attached hydrogen (secondary N) is 2. The molecule has 1 saturated carbocycles. The van der Waals surface area contributed by atoms with Crippen molar-refractivity contribution in [2.45, 2.75) is 38.8 Å². The average Bonchev–Trinajstić information content (AvgIpc) is 2.96. The quantitative estimate of drug-likeness (QED) is 0.781. The Morgan fingerprint density at radius 1 is 1.53 bits per heavy atom. The predicted octanol–water partition coefficient (Wildman–Crippen LogP) is 1.50. The molecule has 1 fully saturated rings. The van der Waals surface area contributed by atoms with Gasteiger partial charge in [0.2, 0.25) is 0 Å². The molecule has 0 aromatic carbocycles. The molecule has 2 amide bonds. The predicted molar refractivity (Wildman–Crippen MR) is 71.0 cm³/mol. The fraction of sp³-hybridized carbons (Fsp3) is 0.583. The Morgan fingerprint density at radius 2 is 2.32 bits per heavy atom. The van der Waals surface area contributed by atoms with Gasteiger partial charge < -0.3 is 15.7 Å². The lowest BCUT2D eigenvalue weighted by atomic mass is 10.1. The summed E-state index contributed by atoms with van der Waals surface area (Å²) in [6.45, 7) is 2.37. The molecule has 3 N–H and O–H groups in total. The van der Waals surface area contributed by atoms with Gasteiger partial charge in [0, 0.05) is 17.1 Å². The number of amides is 2. The topological polar surface area (TPSA) is 91.3 Å². The maximum Gasteiger partial charge on any atom is 0.315 e.